The highest BCUT2D eigenvalue weighted by molar-refractivity contribution is 6.33. The fourth-order valence-corrected chi connectivity index (χ4v) is 7.24. The monoisotopic (exact) mass is 664 g/mol. The largest absolute Gasteiger partial charge is 0.253 e. The van der Waals surface area contributed by atoms with Crippen LogP contribution in [0, 0.1) is 0 Å². The molecule has 4 aromatic heterocycles. The van der Waals surface area contributed by atoms with Crippen LogP contribution in [0.2, 0.25) is 0 Å². The van der Waals surface area contributed by atoms with Gasteiger partial charge in [0.25, 0.3) is 0 Å². The van der Waals surface area contributed by atoms with E-state index in [-0.39, 0.29) is 0 Å². The third-order valence-corrected chi connectivity index (χ3v) is 9.59. The van der Waals surface area contributed by atoms with Crippen molar-refractivity contribution in [1.82, 2.24) is 29.9 Å². The molecule has 10 aromatic rings. The van der Waals surface area contributed by atoms with E-state index in [4.69, 9.17) is 19.9 Å². The Bertz CT molecular complexity index is 2900. The van der Waals surface area contributed by atoms with Gasteiger partial charge in [-0.25, -0.2) is 19.9 Å². The van der Waals surface area contributed by atoms with Crippen LogP contribution in [0.5, 0.6) is 0 Å². The van der Waals surface area contributed by atoms with Crippen LogP contribution in [0.3, 0.4) is 0 Å². The summed E-state index contributed by atoms with van der Waals surface area (Å²) < 4.78 is 0. The number of hydrogen-bond donors (Lipinski definition) is 0. The Kier molecular flexibility index (Phi) is 7.03. The molecule has 6 aromatic carbocycles. The summed E-state index contributed by atoms with van der Waals surface area (Å²) in [7, 11) is 0. The molecule has 0 spiro atoms. The minimum atomic E-state index is 0.493. The number of rotatable bonds is 5. The third kappa shape index (κ3) is 5.05. The first-order valence-corrected chi connectivity index (χ1v) is 17.2. The second kappa shape index (κ2) is 12.3. The molecule has 0 radical (unpaired) electrons. The van der Waals surface area contributed by atoms with Crippen molar-refractivity contribution in [3.63, 3.8) is 0 Å². The summed E-state index contributed by atoms with van der Waals surface area (Å²) in [6.07, 6.45) is 3.48. The van der Waals surface area contributed by atoms with Crippen molar-refractivity contribution in [1.29, 1.82) is 0 Å². The Labute approximate surface area is 299 Å². The molecule has 0 bridgehead atoms. The maximum absolute atomic E-state index is 5.37. The zero-order valence-corrected chi connectivity index (χ0v) is 27.8. The van der Waals surface area contributed by atoms with E-state index in [2.05, 4.69) is 119 Å². The molecule has 0 N–H and O–H groups in total. The van der Waals surface area contributed by atoms with Crippen LogP contribution in [-0.2, 0) is 0 Å². The molecule has 0 atom stereocenters. The topological polar surface area (TPSA) is 77.3 Å². The first-order valence-electron chi connectivity index (χ1n) is 17.2. The van der Waals surface area contributed by atoms with Crippen LogP contribution in [0.15, 0.2) is 170 Å². The predicted molar refractivity (Wildman–Crippen MR) is 210 cm³/mol. The van der Waals surface area contributed by atoms with Gasteiger partial charge in [-0.05, 0) is 75.1 Å². The zero-order chi connectivity index (χ0) is 34.4. The van der Waals surface area contributed by atoms with Crippen molar-refractivity contribution in [2.75, 3.05) is 0 Å². The minimum Gasteiger partial charge on any atom is -0.253 e. The van der Waals surface area contributed by atoms with E-state index in [1.807, 2.05) is 48.5 Å². The average molecular weight is 665 g/mol. The van der Waals surface area contributed by atoms with Crippen LogP contribution in [-0.4, -0.2) is 29.9 Å². The van der Waals surface area contributed by atoms with Gasteiger partial charge < -0.3 is 0 Å². The number of hydrogen-bond acceptors (Lipinski definition) is 6. The van der Waals surface area contributed by atoms with Gasteiger partial charge in [-0.2, -0.15) is 0 Å². The molecule has 52 heavy (non-hydrogen) atoms. The predicted octanol–water partition coefficient (Wildman–Crippen LogP) is 11.0. The van der Waals surface area contributed by atoms with Gasteiger partial charge in [0, 0.05) is 39.7 Å². The molecule has 0 saturated carbocycles. The molecule has 6 nitrogen and oxygen atoms in total. The van der Waals surface area contributed by atoms with Crippen molar-refractivity contribution in [2.45, 2.75) is 0 Å². The first kappa shape index (κ1) is 29.7. The molecule has 242 valence electrons. The van der Waals surface area contributed by atoms with E-state index >= 15 is 0 Å². The highest BCUT2D eigenvalue weighted by Gasteiger charge is 2.18. The summed E-state index contributed by atoms with van der Waals surface area (Å²) in [5.41, 5.74) is 7.30. The normalized spacial score (nSPS) is 11.5. The smallest absolute Gasteiger partial charge is 0.182 e. The van der Waals surface area contributed by atoms with Gasteiger partial charge in [-0.15, -0.1) is 0 Å². The van der Waals surface area contributed by atoms with Crippen LogP contribution in [0.4, 0.5) is 0 Å². The highest BCUT2D eigenvalue weighted by atomic mass is 15.1. The first-order chi connectivity index (χ1) is 25.8. The Balaban J connectivity index is 1.15. The summed E-state index contributed by atoms with van der Waals surface area (Å²) in [4.78, 5) is 29.0. The quantitative estimate of drug-likeness (QED) is 0.170. The maximum Gasteiger partial charge on any atom is 0.182 e. The lowest BCUT2D eigenvalue weighted by Crippen LogP contribution is -2.01. The summed E-state index contributed by atoms with van der Waals surface area (Å²) in [6, 6.07) is 54.3. The summed E-state index contributed by atoms with van der Waals surface area (Å²) >= 11 is 0. The fraction of sp³-hybridized carbons (Fsp3) is 0. The van der Waals surface area contributed by atoms with Crippen LogP contribution in [0.1, 0.15) is 0 Å². The standard InChI is InChI=1S/C46H28N6/c1-3-19-35-33(17-1)34-18-2-4-20-36(34)42-41(35)37-21-5-6-22-38(37)49-43(42)31-15-11-13-29(27-31)30-14-12-16-32(28-30)44-50-45(39-23-7-9-25-47-39)52-46(51-44)40-24-8-10-26-48-40/h1-28H. The number of fused-ring (bicyclic) bond motifs is 8. The molecular formula is C46H28N6. The van der Waals surface area contributed by atoms with E-state index < -0.39 is 0 Å². The molecule has 0 aliphatic carbocycles. The molecular weight excluding hydrogens is 637 g/mol. The molecule has 4 heterocycles. The van der Waals surface area contributed by atoms with Crippen molar-refractivity contribution in [3.8, 4) is 56.8 Å². The van der Waals surface area contributed by atoms with Gasteiger partial charge in [-0.1, -0.05) is 115 Å². The molecule has 0 aliphatic rings. The van der Waals surface area contributed by atoms with E-state index in [9.17, 15) is 0 Å². The Morgan fingerprint density at radius 2 is 0.788 bits per heavy atom. The van der Waals surface area contributed by atoms with Crippen molar-refractivity contribution in [3.05, 3.63) is 170 Å². The Morgan fingerprint density at radius 3 is 1.40 bits per heavy atom. The summed E-state index contributed by atoms with van der Waals surface area (Å²) in [5.74, 6) is 1.54. The minimum absolute atomic E-state index is 0.493. The van der Waals surface area contributed by atoms with E-state index in [0.29, 0.717) is 28.9 Å². The lowest BCUT2D eigenvalue weighted by atomic mass is 9.89. The van der Waals surface area contributed by atoms with E-state index in [1.165, 1.54) is 26.9 Å². The third-order valence-electron chi connectivity index (χ3n) is 9.59. The number of benzene rings is 6. The van der Waals surface area contributed by atoms with E-state index in [0.717, 1.165) is 44.2 Å². The molecule has 0 unspecified atom stereocenters. The number of para-hydroxylation sites is 1. The van der Waals surface area contributed by atoms with Crippen LogP contribution >= 0.6 is 0 Å². The van der Waals surface area contributed by atoms with Crippen molar-refractivity contribution in [2.24, 2.45) is 0 Å². The molecule has 6 heteroatoms. The second-order valence-electron chi connectivity index (χ2n) is 12.7. The Morgan fingerprint density at radius 1 is 0.308 bits per heavy atom. The van der Waals surface area contributed by atoms with Crippen LogP contribution < -0.4 is 0 Å². The highest BCUT2D eigenvalue weighted by Crippen LogP contribution is 2.43. The van der Waals surface area contributed by atoms with Crippen molar-refractivity contribution < 1.29 is 0 Å². The molecule has 0 saturated heterocycles. The summed E-state index contributed by atoms with van der Waals surface area (Å²) in [6.45, 7) is 0. The molecule has 0 fully saturated rings. The van der Waals surface area contributed by atoms with Gasteiger partial charge >= 0.3 is 0 Å². The molecule has 0 aliphatic heterocycles. The second-order valence-corrected chi connectivity index (χ2v) is 12.7. The summed E-state index contributed by atoms with van der Waals surface area (Å²) in [5, 5.41) is 8.43. The lowest BCUT2D eigenvalue weighted by Gasteiger charge is -2.16. The maximum atomic E-state index is 5.37. The average Bonchev–Trinajstić information content (AvgIpc) is 3.24. The SMILES string of the molecule is c1ccc(-c2nc(-c3cccc(-c4cccc(-c5nc6ccccc6c6c7ccccc7c7ccccc7c56)c4)c3)nc(-c3ccccn3)n2)nc1. The number of pyridine rings is 3. The fourth-order valence-electron chi connectivity index (χ4n) is 7.24. The molecule has 10 rings (SSSR count). The van der Waals surface area contributed by atoms with Crippen LogP contribution in [0.25, 0.3) is 100 Å². The Hall–Kier alpha value is -7.18. The van der Waals surface area contributed by atoms with Gasteiger partial charge in [-0.3, -0.25) is 9.97 Å². The van der Waals surface area contributed by atoms with Gasteiger partial charge in [0.05, 0.1) is 11.2 Å². The lowest BCUT2D eigenvalue weighted by molar-refractivity contribution is 1.05. The van der Waals surface area contributed by atoms with Gasteiger partial charge in [0.2, 0.25) is 0 Å². The van der Waals surface area contributed by atoms with Gasteiger partial charge in [0.1, 0.15) is 11.4 Å². The zero-order valence-electron chi connectivity index (χ0n) is 27.8. The van der Waals surface area contributed by atoms with Crippen molar-refractivity contribution >= 4 is 43.2 Å². The molecule has 0 amide bonds. The number of nitrogens with zero attached hydrogens (tertiary/aromatic N) is 6. The van der Waals surface area contributed by atoms with E-state index in [1.54, 1.807) is 12.4 Å². The van der Waals surface area contributed by atoms with Gasteiger partial charge in [0.15, 0.2) is 17.5 Å². The number of aromatic nitrogens is 6.